The average molecular weight is 397 g/mol. The highest BCUT2D eigenvalue weighted by atomic mass is 127. The fourth-order valence-electron chi connectivity index (χ4n) is 1.32. The van der Waals surface area contributed by atoms with Crippen molar-refractivity contribution in [2.24, 2.45) is 0 Å². The fourth-order valence-corrected chi connectivity index (χ4v) is 2.33. The van der Waals surface area contributed by atoms with Crippen LogP contribution in [0.2, 0.25) is 0 Å². The van der Waals surface area contributed by atoms with Crippen molar-refractivity contribution in [3.8, 4) is 5.69 Å². The molecule has 1 aromatic heterocycles. The van der Waals surface area contributed by atoms with Gasteiger partial charge in [-0.1, -0.05) is 15.9 Å². The topological polar surface area (TPSA) is 17.8 Å². The minimum absolute atomic E-state index is 0.477. The Hall–Kier alpha value is -0.0700. The van der Waals surface area contributed by atoms with Crippen molar-refractivity contribution in [1.82, 2.24) is 9.78 Å². The lowest BCUT2D eigenvalue weighted by molar-refractivity contribution is 0.870. The molecule has 78 valence electrons. The zero-order chi connectivity index (χ0) is 10.8. The SMILES string of the molecule is ClCc1cc(Br)ccc1-n1cc(I)cn1. The molecule has 1 heterocycles. The number of alkyl halides is 1. The molecule has 0 atom stereocenters. The van der Waals surface area contributed by atoms with E-state index in [1.807, 2.05) is 35.3 Å². The summed E-state index contributed by atoms with van der Waals surface area (Å²) in [7, 11) is 0. The first-order valence-electron chi connectivity index (χ1n) is 4.25. The van der Waals surface area contributed by atoms with E-state index in [4.69, 9.17) is 11.6 Å². The summed E-state index contributed by atoms with van der Waals surface area (Å²) in [4.78, 5) is 0. The van der Waals surface area contributed by atoms with E-state index in [0.717, 1.165) is 19.3 Å². The van der Waals surface area contributed by atoms with E-state index in [-0.39, 0.29) is 0 Å². The molecule has 0 unspecified atom stereocenters. The molecule has 0 radical (unpaired) electrons. The van der Waals surface area contributed by atoms with Crippen LogP contribution in [-0.4, -0.2) is 9.78 Å². The number of nitrogens with zero attached hydrogens (tertiary/aromatic N) is 2. The van der Waals surface area contributed by atoms with Crippen LogP contribution in [0, 0.1) is 3.57 Å². The number of rotatable bonds is 2. The van der Waals surface area contributed by atoms with Gasteiger partial charge in [-0.25, -0.2) is 4.68 Å². The van der Waals surface area contributed by atoms with Crippen LogP contribution in [0.1, 0.15) is 5.56 Å². The molecule has 2 aromatic rings. The van der Waals surface area contributed by atoms with E-state index < -0.39 is 0 Å². The molecular formula is C10H7BrClIN2. The van der Waals surface area contributed by atoms with E-state index in [9.17, 15) is 0 Å². The zero-order valence-corrected chi connectivity index (χ0v) is 12.1. The second-order valence-electron chi connectivity index (χ2n) is 3.01. The maximum atomic E-state index is 5.90. The Morgan fingerprint density at radius 2 is 2.27 bits per heavy atom. The van der Waals surface area contributed by atoms with Crippen molar-refractivity contribution in [2.45, 2.75) is 5.88 Å². The van der Waals surface area contributed by atoms with Crippen molar-refractivity contribution in [3.63, 3.8) is 0 Å². The summed E-state index contributed by atoms with van der Waals surface area (Å²) in [5.74, 6) is 0.477. The van der Waals surface area contributed by atoms with Gasteiger partial charge >= 0.3 is 0 Å². The molecule has 0 bridgehead atoms. The number of halogens is 3. The summed E-state index contributed by atoms with van der Waals surface area (Å²) >= 11 is 11.6. The molecule has 0 aliphatic rings. The highest BCUT2D eigenvalue weighted by Crippen LogP contribution is 2.21. The van der Waals surface area contributed by atoms with E-state index in [1.165, 1.54) is 0 Å². The third-order valence-electron chi connectivity index (χ3n) is 1.98. The van der Waals surface area contributed by atoms with Gasteiger partial charge in [0, 0.05) is 16.5 Å². The predicted octanol–water partition coefficient (Wildman–Crippen LogP) is 3.98. The second kappa shape index (κ2) is 4.84. The lowest BCUT2D eigenvalue weighted by atomic mass is 10.2. The van der Waals surface area contributed by atoms with Gasteiger partial charge in [0.2, 0.25) is 0 Å². The summed E-state index contributed by atoms with van der Waals surface area (Å²) in [6.07, 6.45) is 3.79. The van der Waals surface area contributed by atoms with E-state index >= 15 is 0 Å². The largest absolute Gasteiger partial charge is 0.240 e. The summed E-state index contributed by atoms with van der Waals surface area (Å²) in [6, 6.07) is 6.00. The monoisotopic (exact) mass is 396 g/mol. The highest BCUT2D eigenvalue weighted by Gasteiger charge is 2.05. The normalized spacial score (nSPS) is 10.6. The van der Waals surface area contributed by atoms with Gasteiger partial charge in [-0.3, -0.25) is 0 Å². The number of benzene rings is 1. The van der Waals surface area contributed by atoms with E-state index in [2.05, 4.69) is 43.6 Å². The molecule has 5 heteroatoms. The molecular weight excluding hydrogens is 390 g/mol. The summed E-state index contributed by atoms with van der Waals surface area (Å²) < 4.78 is 3.98. The van der Waals surface area contributed by atoms with Gasteiger partial charge < -0.3 is 0 Å². The Morgan fingerprint density at radius 1 is 1.47 bits per heavy atom. The third-order valence-corrected chi connectivity index (χ3v) is 3.32. The van der Waals surface area contributed by atoms with Gasteiger partial charge in [-0.15, -0.1) is 11.6 Å². The van der Waals surface area contributed by atoms with Gasteiger partial charge in [0.25, 0.3) is 0 Å². The van der Waals surface area contributed by atoms with Crippen molar-refractivity contribution >= 4 is 50.1 Å². The Balaban J connectivity index is 2.52. The minimum atomic E-state index is 0.477. The number of aromatic nitrogens is 2. The van der Waals surface area contributed by atoms with Crippen molar-refractivity contribution in [2.75, 3.05) is 0 Å². The first-order chi connectivity index (χ1) is 7.20. The molecule has 0 aliphatic carbocycles. The Bertz CT molecular complexity index is 484. The quantitative estimate of drug-likeness (QED) is 0.554. The first-order valence-corrected chi connectivity index (χ1v) is 6.66. The van der Waals surface area contributed by atoms with Crippen LogP contribution in [0.5, 0.6) is 0 Å². The van der Waals surface area contributed by atoms with Crippen molar-refractivity contribution in [3.05, 3.63) is 44.2 Å². The smallest absolute Gasteiger partial charge is 0.0690 e. The maximum absolute atomic E-state index is 5.90. The van der Waals surface area contributed by atoms with Crippen LogP contribution in [-0.2, 0) is 5.88 Å². The Kier molecular flexibility index (Phi) is 3.69. The first kappa shape index (κ1) is 11.4. The van der Waals surface area contributed by atoms with Crippen molar-refractivity contribution < 1.29 is 0 Å². The van der Waals surface area contributed by atoms with Gasteiger partial charge in [-0.05, 0) is 46.4 Å². The summed E-state index contributed by atoms with van der Waals surface area (Å²) in [5, 5.41) is 4.26. The number of hydrogen-bond acceptors (Lipinski definition) is 1. The molecule has 0 saturated heterocycles. The van der Waals surface area contributed by atoms with E-state index in [0.29, 0.717) is 5.88 Å². The molecule has 1 aromatic carbocycles. The van der Waals surface area contributed by atoms with Gasteiger partial charge in [0.15, 0.2) is 0 Å². The van der Waals surface area contributed by atoms with Gasteiger partial charge in [0.1, 0.15) is 0 Å². The van der Waals surface area contributed by atoms with Crippen LogP contribution in [0.3, 0.4) is 0 Å². The molecule has 0 fully saturated rings. The standard InChI is InChI=1S/C10H7BrClIN2/c11-8-1-2-10(7(3-8)4-12)15-6-9(13)5-14-15/h1-3,5-6H,4H2. The van der Waals surface area contributed by atoms with Crippen LogP contribution in [0.25, 0.3) is 5.69 Å². The van der Waals surface area contributed by atoms with Crippen molar-refractivity contribution in [1.29, 1.82) is 0 Å². The van der Waals surface area contributed by atoms with Gasteiger partial charge in [0.05, 0.1) is 15.5 Å². The second-order valence-corrected chi connectivity index (χ2v) is 5.44. The Labute approximate surface area is 115 Å². The minimum Gasteiger partial charge on any atom is -0.240 e. The molecule has 2 nitrogen and oxygen atoms in total. The molecule has 0 spiro atoms. The molecule has 0 N–H and O–H groups in total. The third kappa shape index (κ3) is 2.54. The average Bonchev–Trinajstić information content (AvgIpc) is 2.64. The lowest BCUT2D eigenvalue weighted by Crippen LogP contribution is -1.98. The van der Waals surface area contributed by atoms with Crippen LogP contribution >= 0.6 is 50.1 Å². The van der Waals surface area contributed by atoms with Crippen LogP contribution < -0.4 is 0 Å². The lowest BCUT2D eigenvalue weighted by Gasteiger charge is -2.07. The van der Waals surface area contributed by atoms with Gasteiger partial charge in [-0.2, -0.15) is 5.10 Å². The Morgan fingerprint density at radius 3 is 2.87 bits per heavy atom. The molecule has 15 heavy (non-hydrogen) atoms. The summed E-state index contributed by atoms with van der Waals surface area (Å²) in [5.41, 5.74) is 2.08. The predicted molar refractivity (Wildman–Crippen MR) is 73.5 cm³/mol. The zero-order valence-electron chi connectivity index (χ0n) is 7.62. The molecule has 0 amide bonds. The maximum Gasteiger partial charge on any atom is 0.0690 e. The molecule has 0 aliphatic heterocycles. The molecule has 0 saturated carbocycles. The molecule has 2 rings (SSSR count). The number of hydrogen-bond donors (Lipinski definition) is 0. The van der Waals surface area contributed by atoms with Crippen LogP contribution in [0.4, 0.5) is 0 Å². The summed E-state index contributed by atoms with van der Waals surface area (Å²) in [6.45, 7) is 0. The van der Waals surface area contributed by atoms with E-state index in [1.54, 1.807) is 0 Å². The fraction of sp³-hybridized carbons (Fsp3) is 0.100. The highest BCUT2D eigenvalue weighted by molar-refractivity contribution is 14.1. The van der Waals surface area contributed by atoms with Crippen LogP contribution in [0.15, 0.2) is 35.1 Å².